The van der Waals surface area contributed by atoms with Crippen molar-refractivity contribution in [3.8, 4) is 0 Å². The van der Waals surface area contributed by atoms with Gasteiger partial charge < -0.3 is 14.7 Å². The highest BCUT2D eigenvalue weighted by molar-refractivity contribution is 5.88. The third-order valence-electron chi connectivity index (χ3n) is 4.89. The van der Waals surface area contributed by atoms with Gasteiger partial charge in [0.2, 0.25) is 5.91 Å². The Balaban J connectivity index is 1.82. The van der Waals surface area contributed by atoms with Gasteiger partial charge in [-0.1, -0.05) is 18.9 Å². The molecule has 1 heterocycles. The molecule has 0 aromatic carbocycles. The Hall–Kier alpha value is -0.870. The number of hydrogen-bond acceptors (Lipinski definition) is 3. The molecular formula is C18H33N3O. The number of likely N-dealkylation sites (tertiary alicyclic amines) is 1. The second kappa shape index (κ2) is 9.31. The number of hydrogen-bond donors (Lipinski definition) is 0. The third-order valence-corrected chi connectivity index (χ3v) is 4.89. The van der Waals surface area contributed by atoms with Gasteiger partial charge in [-0.05, 0) is 59.3 Å². The van der Waals surface area contributed by atoms with Crippen molar-refractivity contribution in [2.24, 2.45) is 0 Å². The van der Waals surface area contributed by atoms with Gasteiger partial charge >= 0.3 is 0 Å². The molecule has 1 saturated carbocycles. The summed E-state index contributed by atoms with van der Waals surface area (Å²) in [7, 11) is 4.05. The van der Waals surface area contributed by atoms with Crippen LogP contribution in [0.3, 0.4) is 0 Å². The van der Waals surface area contributed by atoms with Gasteiger partial charge in [0.05, 0.1) is 0 Å². The van der Waals surface area contributed by atoms with Crippen LogP contribution in [0.15, 0.2) is 12.2 Å². The molecule has 1 aliphatic heterocycles. The zero-order valence-corrected chi connectivity index (χ0v) is 14.5. The van der Waals surface area contributed by atoms with Crippen LogP contribution in [-0.4, -0.2) is 73.5 Å². The second-order valence-corrected chi connectivity index (χ2v) is 7.04. The first-order valence-electron chi connectivity index (χ1n) is 9.01. The van der Waals surface area contributed by atoms with Crippen molar-refractivity contribution in [3.63, 3.8) is 0 Å². The number of likely N-dealkylation sites (N-methyl/N-ethyl adjacent to an activating group) is 1. The van der Waals surface area contributed by atoms with E-state index in [1.807, 2.05) is 20.2 Å². The topological polar surface area (TPSA) is 26.8 Å². The van der Waals surface area contributed by atoms with Crippen molar-refractivity contribution >= 4 is 5.91 Å². The molecule has 0 unspecified atom stereocenters. The molecule has 2 aliphatic rings. The maximum absolute atomic E-state index is 12.5. The van der Waals surface area contributed by atoms with Crippen LogP contribution in [0.4, 0.5) is 0 Å². The van der Waals surface area contributed by atoms with Crippen LogP contribution in [0.1, 0.15) is 44.9 Å². The highest BCUT2D eigenvalue weighted by atomic mass is 16.2. The molecule has 22 heavy (non-hydrogen) atoms. The molecule has 0 N–H and O–H groups in total. The van der Waals surface area contributed by atoms with E-state index in [0.29, 0.717) is 6.04 Å². The number of amides is 1. The summed E-state index contributed by atoms with van der Waals surface area (Å²) >= 11 is 0. The summed E-state index contributed by atoms with van der Waals surface area (Å²) in [6.07, 6.45) is 12.8. The SMILES string of the molecule is CN(C)C/C=C/C(=O)N(CCN1CCCCCC1)C1CCC1. The van der Waals surface area contributed by atoms with Gasteiger partial charge in [-0.2, -0.15) is 0 Å². The normalized spacial score (nSPS) is 21.0. The lowest BCUT2D eigenvalue weighted by molar-refractivity contribution is -0.130. The third kappa shape index (κ3) is 5.73. The van der Waals surface area contributed by atoms with E-state index < -0.39 is 0 Å². The summed E-state index contributed by atoms with van der Waals surface area (Å²) in [5.41, 5.74) is 0. The molecule has 0 radical (unpaired) electrons. The van der Waals surface area contributed by atoms with E-state index in [0.717, 1.165) is 19.6 Å². The summed E-state index contributed by atoms with van der Waals surface area (Å²) in [4.78, 5) is 19.3. The van der Waals surface area contributed by atoms with Gasteiger partial charge in [-0.15, -0.1) is 0 Å². The molecule has 2 fully saturated rings. The van der Waals surface area contributed by atoms with Gasteiger partial charge in [-0.3, -0.25) is 4.79 Å². The average Bonchev–Trinajstić information content (AvgIpc) is 2.69. The summed E-state index contributed by atoms with van der Waals surface area (Å²) in [6.45, 7) is 5.20. The average molecular weight is 307 g/mol. The molecule has 1 aliphatic carbocycles. The monoisotopic (exact) mass is 307 g/mol. The largest absolute Gasteiger partial charge is 0.335 e. The summed E-state index contributed by atoms with van der Waals surface area (Å²) in [5, 5.41) is 0. The molecule has 0 bridgehead atoms. The summed E-state index contributed by atoms with van der Waals surface area (Å²) < 4.78 is 0. The molecule has 0 atom stereocenters. The highest BCUT2D eigenvalue weighted by Gasteiger charge is 2.27. The Morgan fingerprint density at radius 1 is 1.09 bits per heavy atom. The van der Waals surface area contributed by atoms with E-state index in [4.69, 9.17) is 0 Å². The molecule has 1 amide bonds. The lowest BCUT2D eigenvalue weighted by Gasteiger charge is -2.38. The first-order valence-corrected chi connectivity index (χ1v) is 9.01. The van der Waals surface area contributed by atoms with Crippen LogP contribution < -0.4 is 0 Å². The van der Waals surface area contributed by atoms with Crippen LogP contribution >= 0.6 is 0 Å². The van der Waals surface area contributed by atoms with Gasteiger partial charge in [-0.25, -0.2) is 0 Å². The first kappa shape index (κ1) is 17.5. The smallest absolute Gasteiger partial charge is 0.246 e. The van der Waals surface area contributed by atoms with E-state index in [9.17, 15) is 4.79 Å². The van der Waals surface area contributed by atoms with Gasteiger partial charge in [0.15, 0.2) is 0 Å². The van der Waals surface area contributed by atoms with Crippen molar-refractivity contribution < 1.29 is 4.79 Å². The minimum atomic E-state index is 0.210. The van der Waals surface area contributed by atoms with Crippen molar-refractivity contribution in [2.45, 2.75) is 51.0 Å². The predicted octanol–water partition coefficient (Wildman–Crippen LogP) is 2.36. The fourth-order valence-electron chi connectivity index (χ4n) is 3.24. The molecule has 2 rings (SSSR count). The summed E-state index contributed by atoms with van der Waals surface area (Å²) in [6, 6.07) is 0.489. The predicted molar refractivity (Wildman–Crippen MR) is 92.0 cm³/mol. The molecular weight excluding hydrogens is 274 g/mol. The number of rotatable bonds is 7. The molecule has 126 valence electrons. The van der Waals surface area contributed by atoms with Crippen LogP contribution in [0.5, 0.6) is 0 Å². The lowest BCUT2D eigenvalue weighted by atomic mass is 9.91. The van der Waals surface area contributed by atoms with Crippen LogP contribution in [0.2, 0.25) is 0 Å². The van der Waals surface area contributed by atoms with Gasteiger partial charge in [0, 0.05) is 31.8 Å². The number of carbonyl (C=O) groups excluding carboxylic acids is 1. The van der Waals surface area contributed by atoms with Crippen molar-refractivity contribution in [3.05, 3.63) is 12.2 Å². The quantitative estimate of drug-likeness (QED) is 0.676. The Morgan fingerprint density at radius 2 is 1.77 bits per heavy atom. The number of nitrogens with zero attached hydrogens (tertiary/aromatic N) is 3. The van der Waals surface area contributed by atoms with E-state index in [2.05, 4.69) is 14.7 Å². The Labute approximate surface area is 136 Å². The molecule has 1 saturated heterocycles. The molecule has 0 spiro atoms. The van der Waals surface area contributed by atoms with Gasteiger partial charge in [0.25, 0.3) is 0 Å². The fourth-order valence-corrected chi connectivity index (χ4v) is 3.24. The maximum Gasteiger partial charge on any atom is 0.246 e. The highest BCUT2D eigenvalue weighted by Crippen LogP contribution is 2.25. The van der Waals surface area contributed by atoms with Gasteiger partial charge in [0.1, 0.15) is 0 Å². The zero-order chi connectivity index (χ0) is 15.8. The van der Waals surface area contributed by atoms with E-state index in [-0.39, 0.29) is 5.91 Å². The summed E-state index contributed by atoms with van der Waals surface area (Å²) in [5.74, 6) is 0.210. The van der Waals surface area contributed by atoms with E-state index in [1.54, 1.807) is 6.08 Å². The van der Waals surface area contributed by atoms with Crippen molar-refractivity contribution in [1.29, 1.82) is 0 Å². The molecule has 4 nitrogen and oxygen atoms in total. The minimum absolute atomic E-state index is 0.210. The van der Waals surface area contributed by atoms with Crippen molar-refractivity contribution in [2.75, 3.05) is 46.8 Å². The standard InChI is InChI=1S/C18H33N3O/c1-19(2)12-8-11-18(22)21(17-9-7-10-17)16-15-20-13-5-3-4-6-14-20/h8,11,17H,3-7,9-10,12-16H2,1-2H3/b11-8+. The Morgan fingerprint density at radius 3 is 2.32 bits per heavy atom. The maximum atomic E-state index is 12.5. The van der Waals surface area contributed by atoms with Crippen molar-refractivity contribution in [1.82, 2.24) is 14.7 Å². The molecule has 4 heteroatoms. The van der Waals surface area contributed by atoms with E-state index in [1.165, 1.54) is 58.0 Å². The van der Waals surface area contributed by atoms with Crippen LogP contribution in [0.25, 0.3) is 0 Å². The Kier molecular flexibility index (Phi) is 7.40. The lowest BCUT2D eigenvalue weighted by Crippen LogP contribution is -2.47. The van der Waals surface area contributed by atoms with Crippen LogP contribution in [-0.2, 0) is 4.79 Å². The number of carbonyl (C=O) groups is 1. The van der Waals surface area contributed by atoms with E-state index >= 15 is 0 Å². The van der Waals surface area contributed by atoms with Crippen LogP contribution in [0, 0.1) is 0 Å². The first-order chi connectivity index (χ1) is 10.7. The molecule has 0 aromatic heterocycles. The minimum Gasteiger partial charge on any atom is -0.335 e. The zero-order valence-electron chi connectivity index (χ0n) is 14.5. The second-order valence-electron chi connectivity index (χ2n) is 7.04. The molecule has 0 aromatic rings. The fraction of sp³-hybridized carbons (Fsp3) is 0.833. The Bertz CT molecular complexity index is 355.